The minimum atomic E-state index is -0.754. The molecule has 1 unspecified atom stereocenters. The van der Waals surface area contributed by atoms with Crippen molar-refractivity contribution in [1.82, 2.24) is 0 Å². The molecular formula is C28H34N2O4. The van der Waals surface area contributed by atoms with E-state index in [1.807, 2.05) is 12.2 Å². The molecule has 2 aliphatic heterocycles. The van der Waals surface area contributed by atoms with Crippen LogP contribution in [0, 0.1) is 10.1 Å². The summed E-state index contributed by atoms with van der Waals surface area (Å²) in [4.78, 5) is 13.4. The number of fused-ring (bicyclic) bond motifs is 2. The summed E-state index contributed by atoms with van der Waals surface area (Å²) >= 11 is 0. The van der Waals surface area contributed by atoms with E-state index in [1.165, 1.54) is 43.7 Å². The first kappa shape index (κ1) is 23.9. The molecule has 6 heteroatoms. The van der Waals surface area contributed by atoms with E-state index in [1.54, 1.807) is 6.07 Å². The SMILES string of the molecule is C=CCCCCCCCN1c2ccccc2C(C)(C)C12C=Cc1cc([N+](=O)[O-])cc(OC)c1O2. The van der Waals surface area contributed by atoms with Gasteiger partial charge in [0, 0.05) is 23.9 Å². The Kier molecular flexibility index (Phi) is 6.69. The fourth-order valence-electron chi connectivity index (χ4n) is 5.29. The molecule has 6 nitrogen and oxygen atoms in total. The number of rotatable bonds is 10. The molecule has 0 amide bonds. The van der Waals surface area contributed by atoms with Crippen LogP contribution in [0.4, 0.5) is 11.4 Å². The zero-order valence-electron chi connectivity index (χ0n) is 20.4. The van der Waals surface area contributed by atoms with Crippen molar-refractivity contribution in [1.29, 1.82) is 0 Å². The topological polar surface area (TPSA) is 64.8 Å². The summed E-state index contributed by atoms with van der Waals surface area (Å²) in [6.07, 6.45) is 12.9. The van der Waals surface area contributed by atoms with Gasteiger partial charge in [-0.15, -0.1) is 6.58 Å². The van der Waals surface area contributed by atoms with Crippen LogP contribution in [0.3, 0.4) is 0 Å². The lowest BCUT2D eigenvalue weighted by Crippen LogP contribution is -2.59. The first-order valence-electron chi connectivity index (χ1n) is 12.1. The van der Waals surface area contributed by atoms with Crippen LogP contribution in [-0.2, 0) is 5.41 Å². The molecule has 2 aromatic carbocycles. The minimum absolute atomic E-state index is 0.0120. The van der Waals surface area contributed by atoms with E-state index in [9.17, 15) is 10.1 Å². The molecule has 0 aliphatic carbocycles. The van der Waals surface area contributed by atoms with Gasteiger partial charge in [-0.3, -0.25) is 10.1 Å². The average molecular weight is 463 g/mol. The quantitative estimate of drug-likeness (QED) is 0.164. The third kappa shape index (κ3) is 3.95. The second-order valence-corrected chi connectivity index (χ2v) is 9.59. The van der Waals surface area contributed by atoms with Gasteiger partial charge in [-0.1, -0.05) is 43.5 Å². The van der Waals surface area contributed by atoms with Gasteiger partial charge in [0.15, 0.2) is 11.5 Å². The van der Waals surface area contributed by atoms with Crippen molar-refractivity contribution in [2.24, 2.45) is 0 Å². The van der Waals surface area contributed by atoms with Crippen LogP contribution >= 0.6 is 0 Å². The first-order valence-corrected chi connectivity index (χ1v) is 12.1. The molecule has 2 aromatic rings. The van der Waals surface area contributed by atoms with Crippen LogP contribution in [0.5, 0.6) is 11.5 Å². The van der Waals surface area contributed by atoms with Crippen molar-refractivity contribution in [3.8, 4) is 11.5 Å². The molecular weight excluding hydrogens is 428 g/mol. The fourth-order valence-corrected chi connectivity index (χ4v) is 5.29. The number of nitro groups is 1. The van der Waals surface area contributed by atoms with Crippen LogP contribution in [0.25, 0.3) is 6.08 Å². The number of allylic oxidation sites excluding steroid dienone is 1. The Hall–Kier alpha value is -3.28. The largest absolute Gasteiger partial charge is 0.493 e. The van der Waals surface area contributed by atoms with Gasteiger partial charge in [-0.05, 0) is 56.9 Å². The van der Waals surface area contributed by atoms with Crippen molar-refractivity contribution in [3.05, 3.63) is 76.4 Å². The molecule has 0 N–H and O–H groups in total. The Morgan fingerprint density at radius 1 is 1.15 bits per heavy atom. The summed E-state index contributed by atoms with van der Waals surface area (Å²) in [6, 6.07) is 11.5. The standard InChI is InChI=1S/C28H34N2O4/c1-5-6-7-8-9-10-13-18-29-24-15-12-11-14-23(24)27(2,3)28(29)17-16-21-19-22(30(31)32)20-25(33-4)26(21)34-28/h5,11-12,14-17,19-20H,1,6-10,13,18H2,2-4H3. The van der Waals surface area contributed by atoms with Crippen LogP contribution in [-0.4, -0.2) is 24.3 Å². The Labute approximate surface area is 202 Å². The smallest absolute Gasteiger partial charge is 0.274 e. The van der Waals surface area contributed by atoms with Crippen LogP contribution in [0.1, 0.15) is 63.5 Å². The Morgan fingerprint density at radius 2 is 1.88 bits per heavy atom. The number of hydrogen-bond donors (Lipinski definition) is 0. The Morgan fingerprint density at radius 3 is 2.62 bits per heavy atom. The number of unbranched alkanes of at least 4 members (excludes halogenated alkanes) is 5. The second kappa shape index (κ2) is 9.53. The van der Waals surface area contributed by atoms with Gasteiger partial charge in [0.25, 0.3) is 5.69 Å². The molecule has 2 heterocycles. The lowest BCUT2D eigenvalue weighted by atomic mass is 9.76. The fraction of sp³-hybridized carbons (Fsp3) is 0.429. The molecule has 0 radical (unpaired) electrons. The Bertz CT molecular complexity index is 1110. The van der Waals surface area contributed by atoms with Gasteiger partial charge in [-0.25, -0.2) is 0 Å². The molecule has 2 aliphatic rings. The lowest BCUT2D eigenvalue weighted by Gasteiger charge is -2.47. The predicted octanol–water partition coefficient (Wildman–Crippen LogP) is 7.03. The Balaban J connectivity index is 1.67. The van der Waals surface area contributed by atoms with E-state index >= 15 is 0 Å². The number of benzene rings is 2. The van der Waals surface area contributed by atoms with Crippen LogP contribution in [0.15, 0.2) is 55.1 Å². The zero-order chi connectivity index (χ0) is 24.3. The third-order valence-corrected chi connectivity index (χ3v) is 7.20. The molecule has 1 atom stereocenters. The molecule has 0 bridgehead atoms. The van der Waals surface area contributed by atoms with E-state index < -0.39 is 10.6 Å². The summed E-state index contributed by atoms with van der Waals surface area (Å²) in [7, 11) is 1.52. The summed E-state index contributed by atoms with van der Waals surface area (Å²) in [5, 5.41) is 11.4. The normalized spacial score (nSPS) is 19.4. The van der Waals surface area contributed by atoms with Crippen molar-refractivity contribution in [2.75, 3.05) is 18.6 Å². The number of ether oxygens (including phenoxy) is 2. The number of hydrogen-bond acceptors (Lipinski definition) is 5. The number of nitro benzene ring substituents is 1. The number of methoxy groups -OCH3 is 1. The van der Waals surface area contributed by atoms with Gasteiger partial charge in [0.05, 0.1) is 23.5 Å². The highest BCUT2D eigenvalue weighted by Gasteiger charge is 2.58. The molecule has 0 fully saturated rings. The van der Waals surface area contributed by atoms with Gasteiger partial charge in [-0.2, -0.15) is 0 Å². The minimum Gasteiger partial charge on any atom is -0.493 e. The molecule has 0 saturated heterocycles. The van der Waals surface area contributed by atoms with Crippen molar-refractivity contribution >= 4 is 17.5 Å². The van der Waals surface area contributed by atoms with Gasteiger partial charge in [0.1, 0.15) is 0 Å². The number of nitrogens with zero attached hydrogens (tertiary/aromatic N) is 2. The van der Waals surface area contributed by atoms with Gasteiger partial charge < -0.3 is 14.4 Å². The van der Waals surface area contributed by atoms with E-state index in [-0.39, 0.29) is 11.1 Å². The van der Waals surface area contributed by atoms with Crippen LogP contribution in [0.2, 0.25) is 0 Å². The highest BCUT2D eigenvalue weighted by molar-refractivity contribution is 5.75. The van der Waals surface area contributed by atoms with E-state index in [0.29, 0.717) is 17.1 Å². The maximum absolute atomic E-state index is 11.4. The monoisotopic (exact) mass is 462 g/mol. The number of para-hydroxylation sites is 1. The van der Waals surface area contributed by atoms with E-state index in [2.05, 4.69) is 55.7 Å². The summed E-state index contributed by atoms with van der Waals surface area (Å²) in [5.41, 5.74) is 1.94. The zero-order valence-corrected chi connectivity index (χ0v) is 20.4. The molecule has 0 saturated carbocycles. The van der Waals surface area contributed by atoms with Crippen LogP contribution < -0.4 is 14.4 Å². The molecule has 180 valence electrons. The van der Waals surface area contributed by atoms with Crippen molar-refractivity contribution in [2.45, 2.75) is 63.5 Å². The molecule has 4 rings (SSSR count). The van der Waals surface area contributed by atoms with Gasteiger partial charge >= 0.3 is 0 Å². The van der Waals surface area contributed by atoms with E-state index in [4.69, 9.17) is 9.47 Å². The van der Waals surface area contributed by atoms with Crippen molar-refractivity contribution < 1.29 is 14.4 Å². The summed E-state index contributed by atoms with van der Waals surface area (Å²) < 4.78 is 12.4. The second-order valence-electron chi connectivity index (χ2n) is 9.59. The number of anilines is 1. The lowest BCUT2D eigenvalue weighted by molar-refractivity contribution is -0.385. The molecule has 0 aromatic heterocycles. The predicted molar refractivity (Wildman–Crippen MR) is 137 cm³/mol. The summed E-state index contributed by atoms with van der Waals surface area (Å²) in [6.45, 7) is 9.07. The average Bonchev–Trinajstić information content (AvgIpc) is 3.01. The van der Waals surface area contributed by atoms with Gasteiger partial charge in [0.2, 0.25) is 5.72 Å². The maximum Gasteiger partial charge on any atom is 0.274 e. The van der Waals surface area contributed by atoms with Crippen molar-refractivity contribution in [3.63, 3.8) is 0 Å². The first-order chi connectivity index (χ1) is 16.4. The van der Waals surface area contributed by atoms with E-state index in [0.717, 1.165) is 25.8 Å². The summed E-state index contributed by atoms with van der Waals surface area (Å²) in [5.74, 6) is 0.924. The number of non-ortho nitro benzene ring substituents is 1. The highest BCUT2D eigenvalue weighted by atomic mass is 16.6. The molecule has 1 spiro atoms. The molecule has 34 heavy (non-hydrogen) atoms. The highest BCUT2D eigenvalue weighted by Crippen LogP contribution is 2.56. The third-order valence-electron chi connectivity index (χ3n) is 7.20. The maximum atomic E-state index is 11.4.